The molecule has 1 aliphatic heterocycles. The van der Waals surface area contributed by atoms with E-state index >= 15 is 0 Å². The molecule has 1 aliphatic rings. The second kappa shape index (κ2) is 8.39. The maximum atomic E-state index is 13.0. The molecule has 0 spiro atoms. The fourth-order valence-corrected chi connectivity index (χ4v) is 3.32. The first-order valence-electron chi connectivity index (χ1n) is 8.63. The van der Waals surface area contributed by atoms with Gasteiger partial charge in [-0.1, -0.05) is 23.7 Å². The molecule has 0 aromatic heterocycles. The Labute approximate surface area is 162 Å². The number of benzene rings is 2. The highest BCUT2D eigenvalue weighted by atomic mass is 35.5. The standard InChI is InChI=1S/C20H20ClFN2O3/c1-27-20(26)15-4-7-17(21)18(13-15)23-8-10-24(11-9-23)19(25)12-14-2-5-16(22)6-3-14/h2-7,13H,8-12H2,1H3. The number of carbonyl (C=O) groups excluding carboxylic acids is 2. The number of amides is 1. The molecule has 1 fully saturated rings. The third-order valence-corrected chi connectivity index (χ3v) is 4.93. The molecular formula is C20H20ClFN2O3. The van der Waals surface area contributed by atoms with Crippen molar-refractivity contribution in [3.8, 4) is 0 Å². The van der Waals surface area contributed by atoms with Crippen molar-refractivity contribution in [3.63, 3.8) is 0 Å². The number of piperazine rings is 1. The molecule has 1 saturated heterocycles. The topological polar surface area (TPSA) is 49.9 Å². The summed E-state index contributed by atoms with van der Waals surface area (Å²) in [5, 5.41) is 0.550. The highest BCUT2D eigenvalue weighted by Gasteiger charge is 2.23. The lowest BCUT2D eigenvalue weighted by molar-refractivity contribution is -0.130. The fourth-order valence-electron chi connectivity index (χ4n) is 3.09. The van der Waals surface area contributed by atoms with Gasteiger partial charge in [-0.05, 0) is 35.9 Å². The van der Waals surface area contributed by atoms with Gasteiger partial charge in [0.05, 0.1) is 29.8 Å². The van der Waals surface area contributed by atoms with E-state index in [0.29, 0.717) is 36.8 Å². The van der Waals surface area contributed by atoms with Crippen molar-refractivity contribution >= 4 is 29.2 Å². The minimum Gasteiger partial charge on any atom is -0.465 e. The number of ether oxygens (including phenoxy) is 1. The lowest BCUT2D eigenvalue weighted by Crippen LogP contribution is -2.49. The van der Waals surface area contributed by atoms with Crippen LogP contribution in [0.5, 0.6) is 0 Å². The fraction of sp³-hybridized carbons (Fsp3) is 0.300. The van der Waals surface area contributed by atoms with Crippen LogP contribution < -0.4 is 4.90 Å². The lowest BCUT2D eigenvalue weighted by atomic mass is 10.1. The molecule has 0 aliphatic carbocycles. The third kappa shape index (κ3) is 4.57. The number of anilines is 1. The molecule has 5 nitrogen and oxygen atoms in total. The molecule has 7 heteroatoms. The Balaban J connectivity index is 1.62. The molecular weight excluding hydrogens is 371 g/mol. The number of halogens is 2. The molecule has 3 rings (SSSR count). The predicted octanol–water partition coefficient (Wildman–Crippen LogP) is 3.16. The van der Waals surface area contributed by atoms with Crippen LogP contribution in [-0.2, 0) is 16.0 Å². The molecule has 0 N–H and O–H groups in total. The summed E-state index contributed by atoms with van der Waals surface area (Å²) in [6.45, 7) is 2.33. The van der Waals surface area contributed by atoms with Crippen molar-refractivity contribution < 1.29 is 18.7 Å². The van der Waals surface area contributed by atoms with Crippen molar-refractivity contribution in [1.29, 1.82) is 0 Å². The Kier molecular flexibility index (Phi) is 5.96. The van der Waals surface area contributed by atoms with Crippen LogP contribution in [0.1, 0.15) is 15.9 Å². The SMILES string of the molecule is COC(=O)c1ccc(Cl)c(N2CCN(C(=O)Cc3ccc(F)cc3)CC2)c1. The van der Waals surface area contributed by atoms with E-state index in [1.54, 1.807) is 35.2 Å². The van der Waals surface area contributed by atoms with Gasteiger partial charge in [-0.2, -0.15) is 0 Å². The number of methoxy groups -OCH3 is 1. The predicted molar refractivity (Wildman–Crippen MR) is 102 cm³/mol. The lowest BCUT2D eigenvalue weighted by Gasteiger charge is -2.36. The van der Waals surface area contributed by atoms with Crippen LogP contribution in [0.25, 0.3) is 0 Å². The molecule has 0 saturated carbocycles. The van der Waals surface area contributed by atoms with Crippen LogP contribution in [0.2, 0.25) is 5.02 Å². The first-order chi connectivity index (χ1) is 13.0. The Morgan fingerprint density at radius 2 is 1.74 bits per heavy atom. The zero-order valence-electron chi connectivity index (χ0n) is 15.0. The van der Waals surface area contributed by atoms with E-state index in [9.17, 15) is 14.0 Å². The molecule has 1 amide bonds. The van der Waals surface area contributed by atoms with Gasteiger partial charge >= 0.3 is 5.97 Å². The average molecular weight is 391 g/mol. The van der Waals surface area contributed by atoms with Crippen LogP contribution in [0.15, 0.2) is 42.5 Å². The highest BCUT2D eigenvalue weighted by molar-refractivity contribution is 6.33. The molecule has 0 unspecified atom stereocenters. The van der Waals surface area contributed by atoms with Gasteiger partial charge in [0.15, 0.2) is 0 Å². The molecule has 142 valence electrons. The Bertz CT molecular complexity index is 834. The summed E-state index contributed by atoms with van der Waals surface area (Å²) >= 11 is 6.29. The van der Waals surface area contributed by atoms with Gasteiger partial charge in [-0.25, -0.2) is 9.18 Å². The second-order valence-electron chi connectivity index (χ2n) is 6.33. The van der Waals surface area contributed by atoms with Crippen LogP contribution in [0, 0.1) is 5.82 Å². The van der Waals surface area contributed by atoms with Gasteiger partial charge in [0.1, 0.15) is 5.82 Å². The Hall–Kier alpha value is -2.60. The smallest absolute Gasteiger partial charge is 0.337 e. The molecule has 27 heavy (non-hydrogen) atoms. The van der Waals surface area contributed by atoms with Crippen LogP contribution in [-0.4, -0.2) is 50.1 Å². The quantitative estimate of drug-likeness (QED) is 0.752. The van der Waals surface area contributed by atoms with E-state index in [2.05, 4.69) is 4.90 Å². The summed E-state index contributed by atoms with van der Waals surface area (Å²) in [6, 6.07) is 11.0. The molecule has 0 radical (unpaired) electrons. The number of nitrogens with zero attached hydrogens (tertiary/aromatic N) is 2. The van der Waals surface area contributed by atoms with Gasteiger partial charge in [-0.15, -0.1) is 0 Å². The molecule has 1 heterocycles. The summed E-state index contributed by atoms with van der Waals surface area (Å²) < 4.78 is 17.7. The molecule has 0 bridgehead atoms. The number of esters is 1. The zero-order chi connectivity index (χ0) is 19.4. The van der Waals surface area contributed by atoms with Gasteiger partial charge in [0, 0.05) is 26.2 Å². The van der Waals surface area contributed by atoms with E-state index in [1.165, 1.54) is 19.2 Å². The van der Waals surface area contributed by atoms with Crippen molar-refractivity contribution in [1.82, 2.24) is 4.90 Å². The van der Waals surface area contributed by atoms with Gasteiger partial charge in [0.25, 0.3) is 0 Å². The number of hydrogen-bond acceptors (Lipinski definition) is 4. The second-order valence-corrected chi connectivity index (χ2v) is 6.74. The summed E-state index contributed by atoms with van der Waals surface area (Å²) in [4.78, 5) is 28.0. The number of hydrogen-bond donors (Lipinski definition) is 0. The van der Waals surface area contributed by atoms with E-state index in [-0.39, 0.29) is 18.1 Å². The number of carbonyl (C=O) groups is 2. The summed E-state index contributed by atoms with van der Waals surface area (Å²) in [7, 11) is 1.34. The third-order valence-electron chi connectivity index (χ3n) is 4.61. The van der Waals surface area contributed by atoms with Crippen molar-refractivity contribution in [2.24, 2.45) is 0 Å². The monoisotopic (exact) mass is 390 g/mol. The van der Waals surface area contributed by atoms with E-state index in [4.69, 9.17) is 16.3 Å². The first kappa shape index (κ1) is 19.2. The Morgan fingerprint density at radius 3 is 2.37 bits per heavy atom. The zero-order valence-corrected chi connectivity index (χ0v) is 15.7. The highest BCUT2D eigenvalue weighted by Crippen LogP contribution is 2.28. The molecule has 0 atom stereocenters. The van der Waals surface area contributed by atoms with Crippen LogP contribution in [0.4, 0.5) is 10.1 Å². The largest absolute Gasteiger partial charge is 0.465 e. The molecule has 2 aromatic carbocycles. The van der Waals surface area contributed by atoms with E-state index in [1.807, 2.05) is 0 Å². The summed E-state index contributed by atoms with van der Waals surface area (Å²) in [6.07, 6.45) is 0.249. The molecule has 2 aromatic rings. The maximum absolute atomic E-state index is 13.0. The van der Waals surface area contributed by atoms with Crippen molar-refractivity contribution in [2.45, 2.75) is 6.42 Å². The van der Waals surface area contributed by atoms with Gasteiger partial charge < -0.3 is 14.5 Å². The van der Waals surface area contributed by atoms with E-state index < -0.39 is 5.97 Å². The summed E-state index contributed by atoms with van der Waals surface area (Å²) in [5.41, 5.74) is 1.98. The van der Waals surface area contributed by atoms with Gasteiger partial charge in [0.2, 0.25) is 5.91 Å². The van der Waals surface area contributed by atoms with Gasteiger partial charge in [-0.3, -0.25) is 4.79 Å². The summed E-state index contributed by atoms with van der Waals surface area (Å²) in [5.74, 6) is -0.720. The van der Waals surface area contributed by atoms with Crippen molar-refractivity contribution in [2.75, 3.05) is 38.2 Å². The van der Waals surface area contributed by atoms with Crippen LogP contribution in [0.3, 0.4) is 0 Å². The first-order valence-corrected chi connectivity index (χ1v) is 9.01. The minimum atomic E-state index is -0.416. The normalized spacial score (nSPS) is 14.2. The average Bonchev–Trinajstić information content (AvgIpc) is 2.69. The maximum Gasteiger partial charge on any atom is 0.337 e. The Morgan fingerprint density at radius 1 is 1.07 bits per heavy atom. The number of rotatable bonds is 4. The van der Waals surface area contributed by atoms with Crippen LogP contribution >= 0.6 is 11.6 Å². The minimum absolute atomic E-state index is 0.00988. The van der Waals surface area contributed by atoms with E-state index in [0.717, 1.165) is 11.3 Å². The van der Waals surface area contributed by atoms with Crippen molar-refractivity contribution in [3.05, 3.63) is 64.4 Å².